The molecule has 1 aliphatic rings. The summed E-state index contributed by atoms with van der Waals surface area (Å²) in [7, 11) is 1.54. The molecule has 0 spiro atoms. The van der Waals surface area contributed by atoms with Crippen molar-refractivity contribution in [1.82, 2.24) is 10.2 Å². The number of anilines is 1. The lowest BCUT2D eigenvalue weighted by Gasteiger charge is -2.23. The molecule has 1 unspecified atom stereocenters. The number of nitrogens with zero attached hydrogens (tertiary/aromatic N) is 3. The number of ether oxygens (including phenoxy) is 2. The monoisotopic (exact) mass is 635 g/mol. The van der Waals surface area contributed by atoms with Crippen LogP contribution in [0.3, 0.4) is 0 Å². The van der Waals surface area contributed by atoms with E-state index < -0.39 is 17.7 Å². The van der Waals surface area contributed by atoms with Crippen LogP contribution in [0.15, 0.2) is 82.7 Å². The molecule has 5 rings (SSSR count). The third-order valence-corrected chi connectivity index (χ3v) is 9.38. The van der Waals surface area contributed by atoms with Crippen molar-refractivity contribution in [1.29, 1.82) is 0 Å². The van der Waals surface area contributed by atoms with Gasteiger partial charge in [-0.1, -0.05) is 84.8 Å². The van der Waals surface area contributed by atoms with E-state index in [1.165, 1.54) is 28.0 Å². The maximum absolute atomic E-state index is 13.6. The maximum Gasteiger partial charge on any atom is 0.301 e. The lowest BCUT2D eigenvalue weighted by molar-refractivity contribution is -0.132. The average molecular weight is 636 g/mol. The number of carbonyl (C=O) groups is 2. The molecule has 43 heavy (non-hydrogen) atoms. The molecule has 1 atom stereocenters. The second-order valence-electron chi connectivity index (χ2n) is 9.76. The molecule has 3 aromatic carbocycles. The zero-order chi connectivity index (χ0) is 30.3. The zero-order valence-electron chi connectivity index (χ0n) is 23.7. The SMILES string of the molecule is CCCCCOc1cccc(C2/C(=C(\O)c3ccc(OC)cc3)C(=O)C(=O)N2c2nnc(SCc3ccccc3Cl)s2)c1. The first kappa shape index (κ1) is 30.6. The van der Waals surface area contributed by atoms with Crippen LogP contribution < -0.4 is 14.4 Å². The molecule has 8 nitrogen and oxygen atoms in total. The van der Waals surface area contributed by atoms with Crippen molar-refractivity contribution < 1.29 is 24.2 Å². The van der Waals surface area contributed by atoms with Gasteiger partial charge in [0.05, 0.1) is 25.3 Å². The lowest BCUT2D eigenvalue weighted by atomic mass is 9.95. The van der Waals surface area contributed by atoms with Crippen LogP contribution in [0, 0.1) is 0 Å². The summed E-state index contributed by atoms with van der Waals surface area (Å²) in [5, 5.41) is 20.9. The topological polar surface area (TPSA) is 102 Å². The van der Waals surface area contributed by atoms with Gasteiger partial charge in [-0.3, -0.25) is 14.5 Å². The van der Waals surface area contributed by atoms with Gasteiger partial charge >= 0.3 is 5.91 Å². The number of unbranched alkanes of at least 4 members (excludes halogenated alkanes) is 2. The Morgan fingerprint density at radius 1 is 1.02 bits per heavy atom. The van der Waals surface area contributed by atoms with Gasteiger partial charge < -0.3 is 14.6 Å². The number of carbonyl (C=O) groups excluding carboxylic acids is 2. The predicted octanol–water partition coefficient (Wildman–Crippen LogP) is 7.69. The largest absolute Gasteiger partial charge is 0.507 e. The minimum absolute atomic E-state index is 0.0428. The molecule has 0 saturated carbocycles. The van der Waals surface area contributed by atoms with E-state index in [1.54, 1.807) is 43.5 Å². The van der Waals surface area contributed by atoms with E-state index in [0.717, 1.165) is 24.8 Å². The van der Waals surface area contributed by atoms with Crippen LogP contribution in [0.1, 0.15) is 48.9 Å². The van der Waals surface area contributed by atoms with Crippen molar-refractivity contribution in [3.8, 4) is 11.5 Å². The maximum atomic E-state index is 13.6. The first-order valence-electron chi connectivity index (χ1n) is 13.8. The van der Waals surface area contributed by atoms with Crippen molar-refractivity contribution in [2.45, 2.75) is 42.3 Å². The fourth-order valence-electron chi connectivity index (χ4n) is 4.68. The van der Waals surface area contributed by atoms with Crippen LogP contribution in [0.2, 0.25) is 5.02 Å². The molecule has 1 fully saturated rings. The molecule has 1 saturated heterocycles. The summed E-state index contributed by atoms with van der Waals surface area (Å²) in [5.41, 5.74) is 1.88. The van der Waals surface area contributed by atoms with E-state index in [0.29, 0.717) is 44.3 Å². The van der Waals surface area contributed by atoms with Crippen molar-refractivity contribution in [2.24, 2.45) is 0 Å². The van der Waals surface area contributed by atoms with Crippen LogP contribution in [-0.4, -0.2) is 40.7 Å². The highest BCUT2D eigenvalue weighted by molar-refractivity contribution is 8.00. The minimum atomic E-state index is -0.948. The predicted molar refractivity (Wildman–Crippen MR) is 170 cm³/mol. The van der Waals surface area contributed by atoms with Crippen molar-refractivity contribution in [3.05, 3.63) is 100 Å². The second-order valence-corrected chi connectivity index (χ2v) is 12.3. The number of rotatable bonds is 12. The molecule has 1 N–H and O–H groups in total. The van der Waals surface area contributed by atoms with Crippen LogP contribution >= 0.6 is 34.7 Å². The van der Waals surface area contributed by atoms with Gasteiger partial charge in [-0.2, -0.15) is 0 Å². The number of halogens is 1. The standard InChI is InChI=1S/C32H30ClN3O5S2/c1-3-4-7-17-41-24-11-8-10-21(18-24)27-26(28(37)20-13-15-23(40-2)16-14-20)29(38)30(39)36(27)31-34-35-32(43-31)42-19-22-9-5-6-12-25(22)33/h5-6,8-16,18,27,37H,3-4,7,17,19H2,1-2H3/b28-26+. The van der Waals surface area contributed by atoms with Gasteiger partial charge in [0.25, 0.3) is 5.78 Å². The Morgan fingerprint density at radius 2 is 1.81 bits per heavy atom. The molecule has 1 amide bonds. The number of Topliss-reactive ketones (excluding diaryl/α,β-unsaturated/α-hetero) is 1. The number of thioether (sulfide) groups is 1. The summed E-state index contributed by atoms with van der Waals surface area (Å²) in [5.74, 6) is -0.137. The van der Waals surface area contributed by atoms with Gasteiger partial charge in [0.15, 0.2) is 4.34 Å². The molecule has 2 heterocycles. The summed E-state index contributed by atoms with van der Waals surface area (Å²) in [6, 6.07) is 20.5. The summed E-state index contributed by atoms with van der Waals surface area (Å²) >= 11 is 8.94. The van der Waals surface area contributed by atoms with Gasteiger partial charge in [0.1, 0.15) is 17.3 Å². The average Bonchev–Trinajstić information content (AvgIpc) is 3.60. The quantitative estimate of drug-likeness (QED) is 0.0422. The lowest BCUT2D eigenvalue weighted by Crippen LogP contribution is -2.29. The number of amides is 1. The first-order valence-corrected chi connectivity index (χ1v) is 16.0. The van der Waals surface area contributed by atoms with Crippen molar-refractivity contribution in [3.63, 3.8) is 0 Å². The number of aliphatic hydroxyl groups is 1. The minimum Gasteiger partial charge on any atom is -0.507 e. The summed E-state index contributed by atoms with van der Waals surface area (Å²) in [4.78, 5) is 28.5. The molecule has 1 aromatic heterocycles. The Labute approximate surface area is 263 Å². The van der Waals surface area contributed by atoms with E-state index in [2.05, 4.69) is 17.1 Å². The highest BCUT2D eigenvalue weighted by Gasteiger charge is 2.48. The van der Waals surface area contributed by atoms with Gasteiger partial charge in [0.2, 0.25) is 5.13 Å². The van der Waals surface area contributed by atoms with Gasteiger partial charge in [-0.15, -0.1) is 10.2 Å². The van der Waals surface area contributed by atoms with Gasteiger partial charge in [-0.05, 0) is 60.0 Å². The number of ketones is 1. The van der Waals surface area contributed by atoms with E-state index in [-0.39, 0.29) is 16.5 Å². The molecule has 0 aliphatic carbocycles. The summed E-state index contributed by atoms with van der Waals surface area (Å²) in [6.07, 6.45) is 3.04. The first-order chi connectivity index (χ1) is 20.9. The van der Waals surface area contributed by atoms with Crippen LogP contribution in [0.25, 0.3) is 5.76 Å². The Hall–Kier alpha value is -3.86. The van der Waals surface area contributed by atoms with Crippen molar-refractivity contribution in [2.75, 3.05) is 18.6 Å². The smallest absolute Gasteiger partial charge is 0.301 e. The molecule has 0 radical (unpaired) electrons. The van der Waals surface area contributed by atoms with E-state index >= 15 is 0 Å². The normalized spacial score (nSPS) is 16.1. The Bertz CT molecular complexity index is 1640. The van der Waals surface area contributed by atoms with Gasteiger partial charge in [0, 0.05) is 16.3 Å². The number of aliphatic hydroxyl groups excluding tert-OH is 1. The number of hydrogen-bond donors (Lipinski definition) is 1. The van der Waals surface area contributed by atoms with Crippen LogP contribution in [0.4, 0.5) is 5.13 Å². The molecule has 1 aliphatic heterocycles. The van der Waals surface area contributed by atoms with Crippen molar-refractivity contribution >= 4 is 57.3 Å². The van der Waals surface area contributed by atoms with Crippen LogP contribution in [0.5, 0.6) is 11.5 Å². The Balaban J connectivity index is 1.52. The number of hydrogen-bond acceptors (Lipinski definition) is 9. The van der Waals surface area contributed by atoms with E-state index in [4.69, 9.17) is 21.1 Å². The Kier molecular flexibility index (Phi) is 10.0. The van der Waals surface area contributed by atoms with E-state index in [1.807, 2.05) is 36.4 Å². The molecule has 0 bridgehead atoms. The fourth-order valence-corrected chi connectivity index (χ4v) is 6.83. The molecule has 4 aromatic rings. The van der Waals surface area contributed by atoms with E-state index in [9.17, 15) is 14.7 Å². The summed E-state index contributed by atoms with van der Waals surface area (Å²) in [6.45, 7) is 2.67. The molecular weight excluding hydrogens is 606 g/mol. The number of methoxy groups -OCH3 is 1. The highest BCUT2D eigenvalue weighted by atomic mass is 35.5. The third-order valence-electron chi connectivity index (χ3n) is 6.91. The molecule has 11 heteroatoms. The Morgan fingerprint density at radius 3 is 2.56 bits per heavy atom. The third kappa shape index (κ3) is 6.87. The van der Waals surface area contributed by atoms with Gasteiger partial charge in [-0.25, -0.2) is 0 Å². The number of aromatic nitrogens is 2. The van der Waals surface area contributed by atoms with Crippen LogP contribution in [-0.2, 0) is 15.3 Å². The fraction of sp³-hybridized carbons (Fsp3) is 0.250. The summed E-state index contributed by atoms with van der Waals surface area (Å²) < 4.78 is 11.8. The zero-order valence-corrected chi connectivity index (χ0v) is 26.0. The molecule has 222 valence electrons. The second kappa shape index (κ2) is 14.1. The number of benzene rings is 3. The highest BCUT2D eigenvalue weighted by Crippen LogP contribution is 2.44. The molecular formula is C32H30ClN3O5S2.